The molecule has 5 nitrogen and oxygen atoms in total. The van der Waals surface area contributed by atoms with Crippen molar-refractivity contribution in [1.29, 1.82) is 0 Å². The molecule has 1 heterocycles. The fourth-order valence-electron chi connectivity index (χ4n) is 1.51. The SMILES string of the molecule is CCCCCCNc1nc(C)cc(C(=O)O)n1. The highest BCUT2D eigenvalue weighted by Crippen LogP contribution is 2.06. The van der Waals surface area contributed by atoms with Gasteiger partial charge >= 0.3 is 5.97 Å². The minimum Gasteiger partial charge on any atom is -0.477 e. The van der Waals surface area contributed by atoms with Crippen LogP contribution in [0.4, 0.5) is 5.95 Å². The van der Waals surface area contributed by atoms with Gasteiger partial charge < -0.3 is 10.4 Å². The van der Waals surface area contributed by atoms with E-state index in [0.717, 1.165) is 13.0 Å². The first kappa shape index (κ1) is 13.4. The predicted octanol–water partition coefficient (Wildman–Crippen LogP) is 2.48. The summed E-state index contributed by atoms with van der Waals surface area (Å²) in [6, 6.07) is 1.46. The van der Waals surface area contributed by atoms with Gasteiger partial charge in [-0.3, -0.25) is 0 Å². The number of aryl methyl sites for hydroxylation is 1. The summed E-state index contributed by atoms with van der Waals surface area (Å²) in [5, 5.41) is 11.9. The summed E-state index contributed by atoms with van der Waals surface area (Å²) in [5.74, 6) is -0.622. The van der Waals surface area contributed by atoms with Gasteiger partial charge in [-0.25, -0.2) is 14.8 Å². The van der Waals surface area contributed by atoms with Gasteiger partial charge in [-0.05, 0) is 19.4 Å². The molecule has 0 aliphatic rings. The van der Waals surface area contributed by atoms with Crippen LogP contribution in [0.5, 0.6) is 0 Å². The number of hydrogen-bond acceptors (Lipinski definition) is 4. The van der Waals surface area contributed by atoms with Crippen LogP contribution in [0, 0.1) is 6.92 Å². The molecule has 94 valence electrons. The predicted molar refractivity (Wildman–Crippen MR) is 66.4 cm³/mol. The molecule has 1 rings (SSSR count). The summed E-state index contributed by atoms with van der Waals surface area (Å²) in [4.78, 5) is 18.9. The van der Waals surface area contributed by atoms with Gasteiger partial charge in [0, 0.05) is 12.2 Å². The third-order valence-electron chi connectivity index (χ3n) is 2.39. The van der Waals surface area contributed by atoms with Crippen molar-refractivity contribution in [1.82, 2.24) is 9.97 Å². The number of nitrogens with zero attached hydrogens (tertiary/aromatic N) is 2. The highest BCUT2D eigenvalue weighted by Gasteiger charge is 2.07. The van der Waals surface area contributed by atoms with Crippen LogP contribution in [0.2, 0.25) is 0 Å². The molecule has 0 saturated carbocycles. The van der Waals surface area contributed by atoms with Gasteiger partial charge in [0.1, 0.15) is 0 Å². The van der Waals surface area contributed by atoms with E-state index in [1.165, 1.54) is 25.3 Å². The Labute approximate surface area is 101 Å². The molecule has 2 N–H and O–H groups in total. The Balaban J connectivity index is 2.50. The monoisotopic (exact) mass is 237 g/mol. The van der Waals surface area contributed by atoms with Crippen LogP contribution in [-0.4, -0.2) is 27.6 Å². The Hall–Kier alpha value is -1.65. The van der Waals surface area contributed by atoms with Crippen molar-refractivity contribution < 1.29 is 9.90 Å². The molecule has 0 aliphatic carbocycles. The first-order valence-electron chi connectivity index (χ1n) is 5.96. The highest BCUT2D eigenvalue weighted by atomic mass is 16.4. The van der Waals surface area contributed by atoms with Gasteiger partial charge in [0.05, 0.1) is 0 Å². The van der Waals surface area contributed by atoms with E-state index >= 15 is 0 Å². The van der Waals surface area contributed by atoms with E-state index in [9.17, 15) is 4.79 Å². The van der Waals surface area contributed by atoms with Crippen molar-refractivity contribution in [3.05, 3.63) is 17.5 Å². The fraction of sp³-hybridized carbons (Fsp3) is 0.583. The van der Waals surface area contributed by atoms with Crippen LogP contribution in [0.1, 0.15) is 48.8 Å². The summed E-state index contributed by atoms with van der Waals surface area (Å²) < 4.78 is 0. The zero-order valence-electron chi connectivity index (χ0n) is 10.4. The molecule has 0 aromatic carbocycles. The molecule has 0 atom stereocenters. The number of carbonyl (C=O) groups is 1. The van der Waals surface area contributed by atoms with Crippen LogP contribution in [-0.2, 0) is 0 Å². The average molecular weight is 237 g/mol. The summed E-state index contributed by atoms with van der Waals surface area (Å²) in [6.45, 7) is 4.70. The van der Waals surface area contributed by atoms with Gasteiger partial charge in [-0.2, -0.15) is 0 Å². The van der Waals surface area contributed by atoms with Gasteiger partial charge in [0.15, 0.2) is 5.69 Å². The molecule has 1 aromatic rings. The number of rotatable bonds is 7. The van der Waals surface area contributed by atoms with Crippen molar-refractivity contribution in [2.24, 2.45) is 0 Å². The van der Waals surface area contributed by atoms with Crippen LogP contribution < -0.4 is 5.32 Å². The van der Waals surface area contributed by atoms with E-state index in [1.54, 1.807) is 6.92 Å². The van der Waals surface area contributed by atoms with Crippen molar-refractivity contribution in [2.75, 3.05) is 11.9 Å². The molecular formula is C12H19N3O2. The van der Waals surface area contributed by atoms with Gasteiger partial charge in [0.25, 0.3) is 0 Å². The molecule has 0 bridgehead atoms. The first-order chi connectivity index (χ1) is 8.13. The lowest BCUT2D eigenvalue weighted by molar-refractivity contribution is 0.0690. The minimum atomic E-state index is -1.02. The molecule has 0 aliphatic heterocycles. The summed E-state index contributed by atoms with van der Waals surface area (Å²) >= 11 is 0. The lowest BCUT2D eigenvalue weighted by Gasteiger charge is -2.06. The van der Waals surface area contributed by atoms with E-state index in [0.29, 0.717) is 11.6 Å². The molecule has 0 fully saturated rings. The molecule has 0 spiro atoms. The van der Waals surface area contributed by atoms with E-state index in [1.807, 2.05) is 0 Å². The Morgan fingerprint density at radius 1 is 1.35 bits per heavy atom. The molecule has 0 amide bonds. The second-order valence-corrected chi connectivity index (χ2v) is 4.01. The van der Waals surface area contributed by atoms with Crippen molar-refractivity contribution in [3.63, 3.8) is 0 Å². The van der Waals surface area contributed by atoms with E-state index in [4.69, 9.17) is 5.11 Å². The third-order valence-corrected chi connectivity index (χ3v) is 2.39. The quantitative estimate of drug-likeness (QED) is 0.712. The number of carboxylic acid groups (broad SMARTS) is 1. The Kier molecular flexibility index (Phi) is 5.39. The summed E-state index contributed by atoms with van der Waals surface area (Å²) in [5.41, 5.74) is 0.696. The number of carboxylic acids is 1. The molecule has 5 heteroatoms. The maximum Gasteiger partial charge on any atom is 0.354 e. The Morgan fingerprint density at radius 3 is 2.76 bits per heavy atom. The van der Waals surface area contributed by atoms with Crippen LogP contribution in [0.3, 0.4) is 0 Å². The van der Waals surface area contributed by atoms with Crippen molar-refractivity contribution in [3.8, 4) is 0 Å². The lowest BCUT2D eigenvalue weighted by atomic mass is 10.2. The molecule has 0 saturated heterocycles. The Morgan fingerprint density at radius 2 is 2.12 bits per heavy atom. The maximum absolute atomic E-state index is 10.8. The van der Waals surface area contributed by atoms with Crippen molar-refractivity contribution in [2.45, 2.75) is 39.5 Å². The zero-order valence-corrected chi connectivity index (χ0v) is 10.4. The first-order valence-corrected chi connectivity index (χ1v) is 5.96. The third kappa shape index (κ3) is 4.80. The molecule has 0 unspecified atom stereocenters. The smallest absolute Gasteiger partial charge is 0.354 e. The van der Waals surface area contributed by atoms with Gasteiger partial charge in [-0.15, -0.1) is 0 Å². The summed E-state index contributed by atoms with van der Waals surface area (Å²) in [7, 11) is 0. The number of aromatic carboxylic acids is 1. The number of anilines is 1. The van der Waals surface area contributed by atoms with Crippen molar-refractivity contribution >= 4 is 11.9 Å². The summed E-state index contributed by atoms with van der Waals surface area (Å²) in [6.07, 6.45) is 4.63. The van der Waals surface area contributed by atoms with Gasteiger partial charge in [0.2, 0.25) is 5.95 Å². The lowest BCUT2D eigenvalue weighted by Crippen LogP contribution is -2.10. The molecule has 1 aromatic heterocycles. The van der Waals surface area contributed by atoms with E-state index < -0.39 is 5.97 Å². The minimum absolute atomic E-state index is 0.0357. The second kappa shape index (κ2) is 6.83. The van der Waals surface area contributed by atoms with Crippen LogP contribution in [0.15, 0.2) is 6.07 Å². The van der Waals surface area contributed by atoms with Gasteiger partial charge in [-0.1, -0.05) is 26.2 Å². The zero-order chi connectivity index (χ0) is 12.7. The van der Waals surface area contributed by atoms with Crippen LogP contribution in [0.25, 0.3) is 0 Å². The standard InChI is InChI=1S/C12H19N3O2/c1-3-4-5-6-7-13-12-14-9(2)8-10(15-12)11(16)17/h8H,3-7H2,1-2H3,(H,16,17)(H,13,14,15). The number of nitrogens with one attached hydrogen (secondary N) is 1. The largest absolute Gasteiger partial charge is 0.477 e. The molecular weight excluding hydrogens is 218 g/mol. The Bertz CT molecular complexity index is 380. The maximum atomic E-state index is 10.8. The second-order valence-electron chi connectivity index (χ2n) is 4.01. The number of unbranched alkanes of at least 4 members (excludes halogenated alkanes) is 3. The normalized spacial score (nSPS) is 10.2. The number of aromatic nitrogens is 2. The van der Waals surface area contributed by atoms with E-state index in [2.05, 4.69) is 22.2 Å². The molecule has 0 radical (unpaired) electrons. The fourth-order valence-corrected chi connectivity index (χ4v) is 1.51. The molecule has 17 heavy (non-hydrogen) atoms. The van der Waals surface area contributed by atoms with Crippen LogP contribution >= 0.6 is 0 Å². The topological polar surface area (TPSA) is 75.1 Å². The van der Waals surface area contributed by atoms with E-state index in [-0.39, 0.29) is 5.69 Å². The number of hydrogen-bond donors (Lipinski definition) is 2. The average Bonchev–Trinajstić information content (AvgIpc) is 2.28. The highest BCUT2D eigenvalue weighted by molar-refractivity contribution is 5.85.